The quantitative estimate of drug-likeness (QED) is 0.347. The topological polar surface area (TPSA) is 37.3 Å². The van der Waals surface area contributed by atoms with Crippen LogP contribution in [0.4, 0.5) is 0 Å². The summed E-state index contributed by atoms with van der Waals surface area (Å²) in [6.45, 7) is 20.3. The van der Waals surface area contributed by atoms with Gasteiger partial charge in [-0.15, -0.1) is 0 Å². The fourth-order valence-corrected chi connectivity index (χ4v) is 13.3. The average Bonchev–Trinajstić information content (AvgIpc) is 3.12. The van der Waals surface area contributed by atoms with Crippen LogP contribution in [0.2, 0.25) is 0 Å². The van der Waals surface area contributed by atoms with Crippen molar-refractivity contribution in [3.63, 3.8) is 0 Å². The molecule has 4 saturated carbocycles. The van der Waals surface area contributed by atoms with E-state index < -0.39 is 5.97 Å². The SMILES string of the molecule is C=C(C)[C@@H]1CCCC[C@H]2CC[C@]3(C)[C@H](CC[C@@H]4[C@@]5(C)CC=C(C6=CCC(CC(=O)O)CC6)C(C)(C)[C@@H]5CC[C@]43C)[C@H]21. The Morgan fingerprint density at radius 2 is 1.63 bits per heavy atom. The molecule has 0 aromatic carbocycles. The number of rotatable bonds is 4. The maximum absolute atomic E-state index is 11.3. The Bertz CT molecular complexity index is 1120. The number of carbonyl (C=O) groups is 1. The molecule has 6 aliphatic rings. The normalized spacial score (nSPS) is 47.3. The molecule has 0 aromatic heterocycles. The number of carboxylic acid groups (broad SMARTS) is 1. The van der Waals surface area contributed by atoms with Crippen molar-refractivity contribution < 1.29 is 9.90 Å². The highest BCUT2D eigenvalue weighted by Crippen LogP contribution is 2.75. The van der Waals surface area contributed by atoms with E-state index in [9.17, 15) is 9.90 Å². The fourth-order valence-electron chi connectivity index (χ4n) is 13.3. The number of hydrogen-bond donors (Lipinski definition) is 1. The largest absolute Gasteiger partial charge is 0.481 e. The minimum atomic E-state index is -0.642. The van der Waals surface area contributed by atoms with E-state index in [0.717, 1.165) is 54.8 Å². The van der Waals surface area contributed by atoms with E-state index >= 15 is 0 Å². The van der Waals surface area contributed by atoms with Gasteiger partial charge in [-0.3, -0.25) is 4.79 Å². The van der Waals surface area contributed by atoms with Gasteiger partial charge in [-0.1, -0.05) is 78.2 Å². The van der Waals surface area contributed by atoms with E-state index in [4.69, 9.17) is 0 Å². The predicted molar refractivity (Wildman–Crippen MR) is 170 cm³/mol. The molecule has 10 atom stereocenters. The van der Waals surface area contributed by atoms with Crippen LogP contribution in [0.3, 0.4) is 0 Å². The lowest BCUT2D eigenvalue weighted by atomic mass is 9.33. The molecule has 1 N–H and O–H groups in total. The summed E-state index contributed by atoms with van der Waals surface area (Å²) in [6, 6.07) is 0. The summed E-state index contributed by atoms with van der Waals surface area (Å²) in [6.07, 6.45) is 23.9. The summed E-state index contributed by atoms with van der Waals surface area (Å²) in [4.78, 5) is 11.3. The lowest BCUT2D eigenvalue weighted by molar-refractivity contribution is -0.220. The molecule has 0 spiro atoms. The van der Waals surface area contributed by atoms with Gasteiger partial charge in [0.15, 0.2) is 0 Å². The molecule has 41 heavy (non-hydrogen) atoms. The number of aliphatic carboxylic acids is 1. The zero-order valence-electron chi connectivity index (χ0n) is 27.4. The Kier molecular flexibility index (Phi) is 7.55. The lowest BCUT2D eigenvalue weighted by Gasteiger charge is -2.72. The van der Waals surface area contributed by atoms with Crippen molar-refractivity contribution in [2.45, 2.75) is 138 Å². The van der Waals surface area contributed by atoms with E-state index in [1.54, 1.807) is 11.1 Å². The van der Waals surface area contributed by atoms with Crippen molar-refractivity contribution in [2.24, 2.45) is 63.1 Å². The van der Waals surface area contributed by atoms with Gasteiger partial charge in [-0.05, 0) is 152 Å². The molecule has 2 nitrogen and oxygen atoms in total. The third-order valence-corrected chi connectivity index (χ3v) is 15.3. The molecule has 0 heterocycles. The summed E-state index contributed by atoms with van der Waals surface area (Å²) >= 11 is 0. The second kappa shape index (κ2) is 10.4. The van der Waals surface area contributed by atoms with Crippen LogP contribution in [-0.4, -0.2) is 11.1 Å². The standard InChI is InChI=1S/C39H60O2/c1-25(2)29-11-9-8-10-28-18-22-38(6)31(35(28)29)16-17-33-37(5)21-19-30(27-14-12-26(13-15-27)24-34(40)41)36(3,4)32(37)20-23-39(33,38)7/h14,19,26,28-29,31-33,35H,1,8-13,15-18,20-24H2,2-7H3,(H,40,41)/t26?,28-,29-,31+,32-,33+,35+,37-,38+,39+/m0/s1. The molecule has 0 amide bonds. The van der Waals surface area contributed by atoms with Gasteiger partial charge in [0.25, 0.3) is 0 Å². The highest BCUT2D eigenvalue weighted by atomic mass is 16.4. The summed E-state index contributed by atoms with van der Waals surface area (Å²) in [5.41, 5.74) is 6.05. The van der Waals surface area contributed by atoms with Gasteiger partial charge in [0.2, 0.25) is 0 Å². The maximum atomic E-state index is 11.3. The Morgan fingerprint density at radius 3 is 2.32 bits per heavy atom. The van der Waals surface area contributed by atoms with Gasteiger partial charge in [0, 0.05) is 6.42 Å². The third-order valence-electron chi connectivity index (χ3n) is 15.3. The van der Waals surface area contributed by atoms with Crippen LogP contribution < -0.4 is 0 Å². The van der Waals surface area contributed by atoms with E-state index in [-0.39, 0.29) is 5.41 Å². The van der Waals surface area contributed by atoms with Crippen LogP contribution >= 0.6 is 0 Å². The summed E-state index contributed by atoms with van der Waals surface area (Å²) in [5, 5.41) is 9.30. The van der Waals surface area contributed by atoms with E-state index in [2.05, 4.69) is 60.3 Å². The lowest BCUT2D eigenvalue weighted by Crippen LogP contribution is -2.64. The summed E-state index contributed by atoms with van der Waals surface area (Å²) in [7, 11) is 0. The van der Waals surface area contributed by atoms with Crippen molar-refractivity contribution in [1.29, 1.82) is 0 Å². The Labute approximate surface area is 251 Å². The Balaban J connectivity index is 1.30. The molecule has 228 valence electrons. The third kappa shape index (κ3) is 4.49. The molecule has 0 saturated heterocycles. The van der Waals surface area contributed by atoms with Gasteiger partial charge >= 0.3 is 5.97 Å². The zero-order valence-corrected chi connectivity index (χ0v) is 27.4. The molecular weight excluding hydrogens is 500 g/mol. The van der Waals surface area contributed by atoms with E-state index in [0.29, 0.717) is 28.6 Å². The molecular formula is C39H60O2. The number of hydrogen-bond acceptors (Lipinski definition) is 1. The second-order valence-corrected chi connectivity index (χ2v) is 17.3. The molecule has 0 radical (unpaired) electrons. The van der Waals surface area contributed by atoms with Crippen LogP contribution in [0.1, 0.15) is 138 Å². The van der Waals surface area contributed by atoms with E-state index in [1.165, 1.54) is 76.2 Å². The minimum absolute atomic E-state index is 0.182. The van der Waals surface area contributed by atoms with Crippen molar-refractivity contribution >= 4 is 5.97 Å². The second-order valence-electron chi connectivity index (χ2n) is 17.3. The van der Waals surface area contributed by atoms with Gasteiger partial charge in [-0.2, -0.15) is 0 Å². The number of fused-ring (bicyclic) bond motifs is 7. The number of carboxylic acids is 1. The van der Waals surface area contributed by atoms with Crippen LogP contribution in [0, 0.1) is 63.1 Å². The molecule has 6 rings (SSSR count). The zero-order chi connectivity index (χ0) is 29.4. The monoisotopic (exact) mass is 560 g/mol. The molecule has 2 heteroatoms. The Morgan fingerprint density at radius 1 is 0.902 bits per heavy atom. The molecule has 4 fully saturated rings. The van der Waals surface area contributed by atoms with Crippen molar-refractivity contribution in [3.05, 3.63) is 35.5 Å². The molecule has 0 bridgehead atoms. The smallest absolute Gasteiger partial charge is 0.303 e. The summed E-state index contributed by atoms with van der Waals surface area (Å²) < 4.78 is 0. The number of allylic oxidation sites excluding steroid dienone is 5. The first-order valence-corrected chi connectivity index (χ1v) is 17.6. The molecule has 1 unspecified atom stereocenters. The Hall–Kier alpha value is -1.31. The van der Waals surface area contributed by atoms with Crippen LogP contribution in [0.15, 0.2) is 35.5 Å². The fraction of sp³-hybridized carbons (Fsp3) is 0.821. The van der Waals surface area contributed by atoms with Crippen molar-refractivity contribution in [2.75, 3.05) is 0 Å². The highest BCUT2D eigenvalue weighted by Gasteiger charge is 2.68. The predicted octanol–water partition coefficient (Wildman–Crippen LogP) is 10.8. The summed E-state index contributed by atoms with van der Waals surface area (Å²) in [5.74, 6) is 4.62. The average molecular weight is 561 g/mol. The van der Waals surface area contributed by atoms with E-state index in [1.807, 2.05) is 0 Å². The van der Waals surface area contributed by atoms with Crippen molar-refractivity contribution in [1.82, 2.24) is 0 Å². The first-order chi connectivity index (χ1) is 19.3. The minimum Gasteiger partial charge on any atom is -0.481 e. The highest BCUT2D eigenvalue weighted by molar-refractivity contribution is 5.67. The van der Waals surface area contributed by atoms with Gasteiger partial charge < -0.3 is 5.11 Å². The van der Waals surface area contributed by atoms with Crippen LogP contribution in [0.25, 0.3) is 0 Å². The van der Waals surface area contributed by atoms with Gasteiger partial charge in [-0.25, -0.2) is 0 Å². The molecule has 0 aromatic rings. The van der Waals surface area contributed by atoms with Gasteiger partial charge in [0.05, 0.1) is 0 Å². The molecule has 0 aliphatic heterocycles. The van der Waals surface area contributed by atoms with Crippen LogP contribution in [0.5, 0.6) is 0 Å². The first kappa shape index (κ1) is 29.7. The maximum Gasteiger partial charge on any atom is 0.303 e. The van der Waals surface area contributed by atoms with Crippen LogP contribution in [-0.2, 0) is 4.79 Å². The first-order valence-electron chi connectivity index (χ1n) is 17.6. The van der Waals surface area contributed by atoms with Gasteiger partial charge in [0.1, 0.15) is 0 Å². The van der Waals surface area contributed by atoms with Crippen molar-refractivity contribution in [3.8, 4) is 0 Å². The molecule has 6 aliphatic carbocycles.